The van der Waals surface area contributed by atoms with E-state index in [1.807, 2.05) is 0 Å². The molecule has 14 heavy (non-hydrogen) atoms. The first kappa shape index (κ1) is 10.9. The Balaban J connectivity index is 2.68. The fourth-order valence-corrected chi connectivity index (χ4v) is 1.19. The van der Waals surface area contributed by atoms with Crippen molar-refractivity contribution < 1.29 is 18.6 Å². The number of alkyl halides is 2. The van der Waals surface area contributed by atoms with Crippen molar-refractivity contribution in [3.8, 4) is 5.75 Å². The van der Waals surface area contributed by atoms with Gasteiger partial charge >= 0.3 is 6.61 Å². The molecule has 0 saturated carbocycles. The molecule has 1 N–H and O–H groups in total. The molecule has 0 bridgehead atoms. The van der Waals surface area contributed by atoms with Crippen molar-refractivity contribution in [1.82, 2.24) is 0 Å². The van der Waals surface area contributed by atoms with Crippen LogP contribution in [0.2, 0.25) is 0 Å². The summed E-state index contributed by atoms with van der Waals surface area (Å²) in [4.78, 5) is 0. The Hall–Kier alpha value is -1.16. The lowest BCUT2D eigenvalue weighted by atomic mass is 10.1. The molecule has 78 valence electrons. The van der Waals surface area contributed by atoms with Crippen molar-refractivity contribution >= 4 is 0 Å². The fourth-order valence-electron chi connectivity index (χ4n) is 1.19. The molecule has 4 heteroatoms. The lowest BCUT2D eigenvalue weighted by Gasteiger charge is -2.07. The molecule has 0 heterocycles. The van der Waals surface area contributed by atoms with Crippen molar-refractivity contribution in [1.29, 1.82) is 0 Å². The third-order valence-corrected chi connectivity index (χ3v) is 1.65. The van der Waals surface area contributed by atoms with E-state index in [0.717, 1.165) is 5.56 Å². The topological polar surface area (TPSA) is 29.5 Å². The summed E-state index contributed by atoms with van der Waals surface area (Å²) in [6.07, 6.45) is -0.0581. The highest BCUT2D eigenvalue weighted by molar-refractivity contribution is 5.28. The van der Waals surface area contributed by atoms with E-state index in [2.05, 4.69) is 4.74 Å². The highest BCUT2D eigenvalue weighted by Crippen LogP contribution is 2.16. The lowest BCUT2D eigenvalue weighted by molar-refractivity contribution is -0.0498. The molecule has 0 aliphatic heterocycles. The minimum Gasteiger partial charge on any atom is -0.435 e. The van der Waals surface area contributed by atoms with Crippen molar-refractivity contribution in [2.45, 2.75) is 26.1 Å². The first-order chi connectivity index (χ1) is 6.58. The minimum atomic E-state index is -2.81. The zero-order chi connectivity index (χ0) is 10.6. The molecule has 1 aromatic rings. The van der Waals surface area contributed by atoms with Crippen LogP contribution in [0, 0.1) is 0 Å². The van der Waals surface area contributed by atoms with E-state index < -0.39 is 12.7 Å². The molecule has 2 nitrogen and oxygen atoms in total. The number of ether oxygens (including phenoxy) is 1. The average Bonchev–Trinajstić information content (AvgIpc) is 2.01. The SMILES string of the molecule is CC(O)Cc1cccc(OC(F)F)c1. The number of rotatable bonds is 4. The average molecular weight is 202 g/mol. The zero-order valence-electron chi connectivity index (χ0n) is 7.78. The van der Waals surface area contributed by atoms with Gasteiger partial charge in [-0.3, -0.25) is 0 Å². The van der Waals surface area contributed by atoms with Crippen LogP contribution in [-0.4, -0.2) is 17.8 Å². The highest BCUT2D eigenvalue weighted by atomic mass is 19.3. The van der Waals surface area contributed by atoms with E-state index in [9.17, 15) is 8.78 Å². The summed E-state index contributed by atoms with van der Waals surface area (Å²) in [5.41, 5.74) is 0.776. The Kier molecular flexibility index (Phi) is 3.83. The number of benzene rings is 1. The predicted molar refractivity (Wildman–Crippen MR) is 48.5 cm³/mol. The minimum absolute atomic E-state index is 0.123. The first-order valence-corrected chi connectivity index (χ1v) is 4.29. The summed E-state index contributed by atoms with van der Waals surface area (Å²) in [7, 11) is 0. The van der Waals surface area contributed by atoms with Gasteiger partial charge in [-0.15, -0.1) is 0 Å². The van der Waals surface area contributed by atoms with Crippen LogP contribution in [0.5, 0.6) is 5.75 Å². The van der Waals surface area contributed by atoms with Crippen molar-refractivity contribution in [2.24, 2.45) is 0 Å². The second-order valence-corrected chi connectivity index (χ2v) is 3.08. The smallest absolute Gasteiger partial charge is 0.387 e. The Labute approximate surface area is 81.1 Å². The summed E-state index contributed by atoms with van der Waals surface area (Å²) in [6.45, 7) is -1.17. The summed E-state index contributed by atoms with van der Waals surface area (Å²) < 4.78 is 27.9. The molecular weight excluding hydrogens is 190 g/mol. The summed E-state index contributed by atoms with van der Waals surface area (Å²) >= 11 is 0. The first-order valence-electron chi connectivity index (χ1n) is 4.29. The van der Waals surface area contributed by atoms with Gasteiger partial charge < -0.3 is 9.84 Å². The van der Waals surface area contributed by atoms with E-state index in [1.165, 1.54) is 12.1 Å². The Morgan fingerprint density at radius 2 is 2.14 bits per heavy atom. The number of hydrogen-bond donors (Lipinski definition) is 1. The van der Waals surface area contributed by atoms with Gasteiger partial charge in [-0.25, -0.2) is 0 Å². The van der Waals surface area contributed by atoms with Crippen molar-refractivity contribution in [3.63, 3.8) is 0 Å². The normalized spacial score (nSPS) is 12.9. The quantitative estimate of drug-likeness (QED) is 0.811. The maximum absolute atomic E-state index is 11.8. The third kappa shape index (κ3) is 3.70. The molecule has 1 aromatic carbocycles. The van der Waals surface area contributed by atoms with Crippen LogP contribution >= 0.6 is 0 Å². The molecule has 0 fully saturated rings. The standard InChI is InChI=1S/C10H12F2O2/c1-7(13)5-8-3-2-4-9(6-8)14-10(11)12/h2-4,6-7,10,13H,5H2,1H3. The summed E-state index contributed by atoms with van der Waals surface area (Å²) in [6, 6.07) is 6.33. The second-order valence-electron chi connectivity index (χ2n) is 3.08. The van der Waals surface area contributed by atoms with Crippen LogP contribution in [0.3, 0.4) is 0 Å². The van der Waals surface area contributed by atoms with Crippen LogP contribution in [0.15, 0.2) is 24.3 Å². The third-order valence-electron chi connectivity index (χ3n) is 1.65. The van der Waals surface area contributed by atoms with Gasteiger partial charge in [-0.2, -0.15) is 8.78 Å². The number of halogens is 2. The van der Waals surface area contributed by atoms with Gasteiger partial charge in [0.2, 0.25) is 0 Å². The molecular formula is C10H12F2O2. The summed E-state index contributed by atoms with van der Waals surface area (Å²) in [5, 5.41) is 9.09. The zero-order valence-corrected chi connectivity index (χ0v) is 7.78. The maximum Gasteiger partial charge on any atom is 0.387 e. The Morgan fingerprint density at radius 3 is 2.71 bits per heavy atom. The van der Waals surface area contributed by atoms with E-state index in [0.29, 0.717) is 6.42 Å². The van der Waals surface area contributed by atoms with Crippen LogP contribution in [0.1, 0.15) is 12.5 Å². The number of aliphatic hydroxyl groups excluding tert-OH is 1. The van der Waals surface area contributed by atoms with Crippen molar-refractivity contribution in [3.05, 3.63) is 29.8 Å². The maximum atomic E-state index is 11.8. The highest BCUT2D eigenvalue weighted by Gasteiger charge is 2.05. The molecule has 0 aromatic heterocycles. The molecule has 0 radical (unpaired) electrons. The van der Waals surface area contributed by atoms with Gasteiger partial charge in [0.05, 0.1) is 6.10 Å². The molecule has 0 aliphatic carbocycles. The van der Waals surface area contributed by atoms with Crippen LogP contribution in [-0.2, 0) is 6.42 Å². The molecule has 1 unspecified atom stereocenters. The van der Waals surface area contributed by atoms with Crippen LogP contribution in [0.4, 0.5) is 8.78 Å². The van der Waals surface area contributed by atoms with Gasteiger partial charge in [-0.1, -0.05) is 12.1 Å². The Bertz CT molecular complexity index is 262. The van der Waals surface area contributed by atoms with Gasteiger partial charge in [0.15, 0.2) is 0 Å². The van der Waals surface area contributed by atoms with Crippen molar-refractivity contribution in [2.75, 3.05) is 0 Å². The van der Waals surface area contributed by atoms with Gasteiger partial charge in [0, 0.05) is 0 Å². The molecule has 0 amide bonds. The number of aliphatic hydroxyl groups is 1. The molecule has 0 aliphatic rings. The van der Waals surface area contributed by atoms with Crippen LogP contribution in [0.25, 0.3) is 0 Å². The van der Waals surface area contributed by atoms with Gasteiger partial charge in [0.25, 0.3) is 0 Å². The predicted octanol–water partition coefficient (Wildman–Crippen LogP) is 2.21. The number of hydrogen-bond acceptors (Lipinski definition) is 2. The van der Waals surface area contributed by atoms with Gasteiger partial charge in [-0.05, 0) is 31.0 Å². The largest absolute Gasteiger partial charge is 0.435 e. The van der Waals surface area contributed by atoms with Crippen LogP contribution < -0.4 is 4.74 Å². The molecule has 0 spiro atoms. The lowest BCUT2D eigenvalue weighted by Crippen LogP contribution is -2.05. The summed E-state index contributed by atoms with van der Waals surface area (Å²) in [5.74, 6) is 0.123. The van der Waals surface area contributed by atoms with E-state index >= 15 is 0 Å². The van der Waals surface area contributed by atoms with E-state index in [1.54, 1.807) is 19.1 Å². The second kappa shape index (κ2) is 4.91. The monoisotopic (exact) mass is 202 g/mol. The van der Waals surface area contributed by atoms with E-state index in [4.69, 9.17) is 5.11 Å². The van der Waals surface area contributed by atoms with E-state index in [-0.39, 0.29) is 5.75 Å². The molecule has 1 atom stereocenters. The molecule has 1 rings (SSSR count). The van der Waals surface area contributed by atoms with Gasteiger partial charge in [0.1, 0.15) is 5.75 Å². The Morgan fingerprint density at radius 1 is 1.43 bits per heavy atom. The fraction of sp³-hybridized carbons (Fsp3) is 0.400. The molecule has 0 saturated heterocycles.